The molecule has 0 amide bonds. The number of methoxy groups -OCH3 is 1. The summed E-state index contributed by atoms with van der Waals surface area (Å²) in [4.78, 5) is 9.87. The molecule has 2 aromatic rings. The van der Waals surface area contributed by atoms with Crippen LogP contribution in [0.25, 0.3) is 0 Å². The van der Waals surface area contributed by atoms with E-state index in [0.29, 0.717) is 10.6 Å². The van der Waals surface area contributed by atoms with Crippen molar-refractivity contribution in [3.63, 3.8) is 0 Å². The first kappa shape index (κ1) is 17.2. The minimum absolute atomic E-state index is 0.00522. The molecular weight excluding hydrogens is 344 g/mol. The van der Waals surface area contributed by atoms with Crippen LogP contribution >= 0.6 is 11.6 Å². The first-order valence-corrected chi connectivity index (χ1v) is 8.26. The molecule has 0 fully saturated rings. The molecule has 7 nitrogen and oxygen atoms in total. The molecule has 1 N–H and O–H groups in total. The largest absolute Gasteiger partial charge is 0.495 e. The zero-order chi connectivity index (χ0) is 17.0. The molecule has 9 heteroatoms. The lowest BCUT2D eigenvalue weighted by molar-refractivity contribution is -0.385. The van der Waals surface area contributed by atoms with Gasteiger partial charge in [0, 0.05) is 23.7 Å². The maximum atomic E-state index is 12.4. The Labute approximate surface area is 138 Å². The highest BCUT2D eigenvalue weighted by molar-refractivity contribution is 7.89. The highest BCUT2D eigenvalue weighted by Crippen LogP contribution is 2.28. The molecule has 0 atom stereocenters. The van der Waals surface area contributed by atoms with E-state index in [2.05, 4.69) is 4.72 Å². The summed E-state index contributed by atoms with van der Waals surface area (Å²) in [6, 6.07) is 10.1. The monoisotopic (exact) mass is 356 g/mol. The SMILES string of the molecule is COc1ccc([N+](=O)[O-])cc1S(=O)(=O)NCc1cccc(Cl)c1. The fourth-order valence-corrected chi connectivity index (χ4v) is 3.31. The van der Waals surface area contributed by atoms with Crippen molar-refractivity contribution in [3.8, 4) is 5.75 Å². The van der Waals surface area contributed by atoms with E-state index in [1.165, 1.54) is 19.2 Å². The number of hydrogen-bond acceptors (Lipinski definition) is 5. The van der Waals surface area contributed by atoms with Crippen LogP contribution in [0.15, 0.2) is 47.4 Å². The molecule has 0 radical (unpaired) electrons. The Hall–Kier alpha value is -2.16. The van der Waals surface area contributed by atoms with Crippen molar-refractivity contribution < 1.29 is 18.1 Å². The van der Waals surface area contributed by atoms with Crippen molar-refractivity contribution in [2.45, 2.75) is 11.4 Å². The average Bonchev–Trinajstić information content (AvgIpc) is 2.52. The smallest absolute Gasteiger partial charge is 0.271 e. The molecule has 0 aliphatic rings. The number of nitrogens with one attached hydrogen (secondary N) is 1. The molecule has 0 aliphatic carbocycles. The number of nitro benzene ring substituents is 1. The normalized spacial score (nSPS) is 11.2. The Morgan fingerprint density at radius 3 is 2.61 bits per heavy atom. The molecular formula is C14H13ClN2O5S. The molecule has 2 rings (SSSR count). The minimum atomic E-state index is -3.99. The average molecular weight is 357 g/mol. The number of nitrogens with zero attached hydrogens (tertiary/aromatic N) is 1. The molecule has 0 spiro atoms. The van der Waals surface area contributed by atoms with Crippen molar-refractivity contribution in [1.82, 2.24) is 4.72 Å². The molecule has 2 aromatic carbocycles. The lowest BCUT2D eigenvalue weighted by Gasteiger charge is -2.10. The number of rotatable bonds is 6. The zero-order valence-electron chi connectivity index (χ0n) is 12.0. The number of hydrogen-bond donors (Lipinski definition) is 1. The van der Waals surface area contributed by atoms with Gasteiger partial charge in [0.25, 0.3) is 5.69 Å². The summed E-state index contributed by atoms with van der Waals surface area (Å²) < 4.78 is 32.1. The minimum Gasteiger partial charge on any atom is -0.495 e. The molecule has 122 valence electrons. The second-order valence-corrected chi connectivity index (χ2v) is 6.72. The molecule has 0 bridgehead atoms. The van der Waals surface area contributed by atoms with Crippen LogP contribution in [0, 0.1) is 10.1 Å². The van der Waals surface area contributed by atoms with E-state index in [-0.39, 0.29) is 22.9 Å². The summed E-state index contributed by atoms with van der Waals surface area (Å²) >= 11 is 5.84. The van der Waals surface area contributed by atoms with Gasteiger partial charge < -0.3 is 4.74 Å². The van der Waals surface area contributed by atoms with Gasteiger partial charge in [-0.2, -0.15) is 0 Å². The molecule has 23 heavy (non-hydrogen) atoms. The van der Waals surface area contributed by atoms with Gasteiger partial charge in [-0.1, -0.05) is 23.7 Å². The van der Waals surface area contributed by atoms with Crippen molar-refractivity contribution >= 4 is 27.3 Å². The first-order chi connectivity index (χ1) is 10.8. The highest BCUT2D eigenvalue weighted by Gasteiger charge is 2.22. The number of sulfonamides is 1. The Balaban J connectivity index is 2.31. The van der Waals surface area contributed by atoms with Gasteiger partial charge in [-0.3, -0.25) is 10.1 Å². The standard InChI is InChI=1S/C14H13ClN2O5S/c1-22-13-6-5-12(17(18)19)8-14(13)23(20,21)16-9-10-3-2-4-11(15)7-10/h2-8,16H,9H2,1H3. The number of non-ortho nitro benzene ring substituents is 1. The van der Waals surface area contributed by atoms with Gasteiger partial charge in [-0.15, -0.1) is 0 Å². The summed E-state index contributed by atoms with van der Waals surface area (Å²) in [5.41, 5.74) is 0.319. The van der Waals surface area contributed by atoms with Crippen molar-refractivity contribution in [3.05, 3.63) is 63.2 Å². The van der Waals surface area contributed by atoms with Crippen LogP contribution in [0.2, 0.25) is 5.02 Å². The van der Waals surface area contributed by atoms with Crippen LogP contribution in [0.4, 0.5) is 5.69 Å². The summed E-state index contributed by atoms with van der Waals surface area (Å²) in [6.07, 6.45) is 0. The Kier molecular flexibility index (Phi) is 5.19. The van der Waals surface area contributed by atoms with Gasteiger partial charge >= 0.3 is 0 Å². The van der Waals surface area contributed by atoms with Gasteiger partial charge in [0.2, 0.25) is 10.0 Å². The fourth-order valence-electron chi connectivity index (χ4n) is 1.89. The first-order valence-electron chi connectivity index (χ1n) is 6.40. The second kappa shape index (κ2) is 6.95. The second-order valence-electron chi connectivity index (χ2n) is 4.55. The predicted molar refractivity (Wildman–Crippen MR) is 85.1 cm³/mol. The van der Waals surface area contributed by atoms with Crippen LogP contribution < -0.4 is 9.46 Å². The van der Waals surface area contributed by atoms with Crippen LogP contribution in [0.1, 0.15) is 5.56 Å². The van der Waals surface area contributed by atoms with Gasteiger partial charge in [-0.25, -0.2) is 13.1 Å². The lowest BCUT2D eigenvalue weighted by Crippen LogP contribution is -2.23. The van der Waals surface area contributed by atoms with Gasteiger partial charge in [0.05, 0.1) is 12.0 Å². The van der Waals surface area contributed by atoms with Crippen LogP contribution in [0.3, 0.4) is 0 Å². The maximum absolute atomic E-state index is 12.4. The van der Waals surface area contributed by atoms with E-state index in [9.17, 15) is 18.5 Å². The number of ether oxygens (including phenoxy) is 1. The summed E-state index contributed by atoms with van der Waals surface area (Å²) in [5.74, 6) is 0.0224. The lowest BCUT2D eigenvalue weighted by atomic mass is 10.2. The third kappa shape index (κ3) is 4.19. The molecule has 0 unspecified atom stereocenters. The molecule has 0 heterocycles. The zero-order valence-corrected chi connectivity index (χ0v) is 13.6. The van der Waals surface area contributed by atoms with Crippen molar-refractivity contribution in [1.29, 1.82) is 0 Å². The number of benzene rings is 2. The predicted octanol–water partition coefficient (Wildman–Crippen LogP) is 2.74. The Bertz CT molecular complexity index is 839. The highest BCUT2D eigenvalue weighted by atomic mass is 35.5. The van der Waals surface area contributed by atoms with Crippen molar-refractivity contribution in [2.24, 2.45) is 0 Å². The Morgan fingerprint density at radius 2 is 2.00 bits per heavy atom. The van der Waals surface area contributed by atoms with E-state index in [4.69, 9.17) is 16.3 Å². The van der Waals surface area contributed by atoms with E-state index < -0.39 is 14.9 Å². The molecule has 0 saturated heterocycles. The molecule has 0 saturated carbocycles. The quantitative estimate of drug-likeness (QED) is 0.633. The third-order valence-corrected chi connectivity index (χ3v) is 4.66. The molecule has 0 aromatic heterocycles. The van der Waals surface area contributed by atoms with Gasteiger partial charge in [0.15, 0.2) is 0 Å². The summed E-state index contributed by atoms with van der Waals surface area (Å²) in [7, 11) is -2.70. The van der Waals surface area contributed by atoms with Crippen LogP contribution in [-0.4, -0.2) is 20.5 Å². The topological polar surface area (TPSA) is 98.5 Å². The van der Waals surface area contributed by atoms with E-state index >= 15 is 0 Å². The van der Waals surface area contributed by atoms with E-state index in [1.807, 2.05) is 0 Å². The maximum Gasteiger partial charge on any atom is 0.271 e. The van der Waals surface area contributed by atoms with Gasteiger partial charge in [0.1, 0.15) is 10.6 Å². The van der Waals surface area contributed by atoms with Crippen LogP contribution in [-0.2, 0) is 16.6 Å². The number of nitro groups is 1. The van der Waals surface area contributed by atoms with Gasteiger partial charge in [-0.05, 0) is 23.8 Å². The van der Waals surface area contributed by atoms with Crippen LogP contribution in [0.5, 0.6) is 5.75 Å². The van der Waals surface area contributed by atoms with E-state index in [1.54, 1.807) is 24.3 Å². The fraction of sp³-hybridized carbons (Fsp3) is 0.143. The number of halogens is 1. The summed E-state index contributed by atoms with van der Waals surface area (Å²) in [5, 5.41) is 11.3. The Morgan fingerprint density at radius 1 is 1.26 bits per heavy atom. The third-order valence-electron chi connectivity index (χ3n) is 3.00. The van der Waals surface area contributed by atoms with Crippen molar-refractivity contribution in [2.75, 3.05) is 7.11 Å². The molecule has 0 aliphatic heterocycles. The van der Waals surface area contributed by atoms with E-state index in [0.717, 1.165) is 6.07 Å². The summed E-state index contributed by atoms with van der Waals surface area (Å²) in [6.45, 7) is -0.00522.